The minimum atomic E-state index is -0.399. The quantitative estimate of drug-likeness (QED) is 0.768. The second-order valence-electron chi connectivity index (χ2n) is 2.83. The van der Waals surface area contributed by atoms with Gasteiger partial charge in [0.25, 0.3) is 0 Å². The van der Waals surface area contributed by atoms with Gasteiger partial charge in [-0.25, -0.2) is 0 Å². The molecule has 0 unspecified atom stereocenters. The molecule has 1 aromatic carbocycles. The second-order valence-corrected chi connectivity index (χ2v) is 3.68. The summed E-state index contributed by atoms with van der Waals surface area (Å²) in [4.78, 5) is 12.7. The van der Waals surface area contributed by atoms with E-state index in [0.717, 1.165) is 4.47 Å². The highest BCUT2D eigenvalue weighted by Gasteiger charge is 2.12. The smallest absolute Gasteiger partial charge is 0.302 e. The molecule has 0 fully saturated rings. The molecule has 1 amide bonds. The molecule has 0 saturated heterocycles. The van der Waals surface area contributed by atoms with Gasteiger partial charge in [-0.2, -0.15) is 0 Å². The van der Waals surface area contributed by atoms with Gasteiger partial charge in [0.2, 0.25) is 0 Å². The molecular weight excluding hydrogens is 258 g/mol. The Morgan fingerprint density at radius 1 is 1.60 bits per heavy atom. The van der Waals surface area contributed by atoms with Crippen LogP contribution in [0.3, 0.4) is 0 Å². The van der Waals surface area contributed by atoms with Crippen molar-refractivity contribution in [1.82, 2.24) is 0 Å². The van der Waals surface area contributed by atoms with Gasteiger partial charge in [-0.05, 0) is 34.0 Å². The summed E-state index contributed by atoms with van der Waals surface area (Å²) in [6.45, 7) is 0. The number of rotatable bonds is 2. The van der Waals surface area contributed by atoms with E-state index in [4.69, 9.17) is 11.2 Å². The van der Waals surface area contributed by atoms with Gasteiger partial charge in [-0.1, -0.05) is 0 Å². The van der Waals surface area contributed by atoms with Crippen molar-refractivity contribution in [3.63, 3.8) is 0 Å². The van der Waals surface area contributed by atoms with Gasteiger partial charge in [0.1, 0.15) is 5.75 Å². The van der Waals surface area contributed by atoms with Crippen LogP contribution in [-0.2, 0) is 4.79 Å². The molecule has 0 saturated carbocycles. The predicted octanol–water partition coefficient (Wildman–Crippen LogP) is 2.05. The van der Waals surface area contributed by atoms with E-state index in [1.165, 1.54) is 4.90 Å². The van der Waals surface area contributed by atoms with Crippen LogP contribution in [0.5, 0.6) is 5.75 Å². The topological polar surface area (TPSA) is 29.5 Å². The number of carbonyl (C=O) groups is 1. The number of hydrogen-bond donors (Lipinski definition) is 0. The van der Waals surface area contributed by atoms with E-state index < -0.39 is 5.91 Å². The standard InChI is InChI=1S/C11H10BrNO2/c1-4-11(14)13(2)10-7-8(15-3)5-6-9(10)12/h1,5-7H,2-3H3. The van der Waals surface area contributed by atoms with Crippen LogP contribution in [0.15, 0.2) is 22.7 Å². The first-order valence-corrected chi connectivity index (χ1v) is 4.97. The number of terminal acetylenes is 1. The lowest BCUT2D eigenvalue weighted by molar-refractivity contribution is -0.113. The molecule has 0 heterocycles. The third-order valence-corrected chi connectivity index (χ3v) is 2.61. The maximum Gasteiger partial charge on any atom is 0.302 e. The summed E-state index contributed by atoms with van der Waals surface area (Å²) in [5, 5.41) is 0. The van der Waals surface area contributed by atoms with Gasteiger partial charge in [-0.15, -0.1) is 6.42 Å². The normalized spacial score (nSPS) is 9.20. The second kappa shape index (κ2) is 4.85. The highest BCUT2D eigenvalue weighted by Crippen LogP contribution is 2.29. The zero-order valence-electron chi connectivity index (χ0n) is 8.45. The van der Waals surface area contributed by atoms with E-state index in [1.807, 2.05) is 0 Å². The molecule has 15 heavy (non-hydrogen) atoms. The number of anilines is 1. The van der Waals surface area contributed by atoms with Crippen molar-refractivity contribution >= 4 is 27.5 Å². The molecule has 0 spiro atoms. The zero-order chi connectivity index (χ0) is 11.4. The summed E-state index contributed by atoms with van der Waals surface area (Å²) >= 11 is 3.34. The average molecular weight is 268 g/mol. The summed E-state index contributed by atoms with van der Waals surface area (Å²) in [6.07, 6.45) is 5.04. The lowest BCUT2D eigenvalue weighted by atomic mass is 10.3. The maximum atomic E-state index is 11.3. The largest absolute Gasteiger partial charge is 0.497 e. The molecule has 3 nitrogen and oxygen atoms in total. The van der Waals surface area contributed by atoms with Crippen LogP contribution < -0.4 is 9.64 Å². The molecule has 1 rings (SSSR count). The molecule has 0 radical (unpaired) electrons. The Morgan fingerprint density at radius 2 is 2.27 bits per heavy atom. The monoisotopic (exact) mass is 267 g/mol. The van der Waals surface area contributed by atoms with Gasteiger partial charge in [0.05, 0.1) is 12.8 Å². The minimum absolute atomic E-state index is 0.399. The fourth-order valence-electron chi connectivity index (χ4n) is 1.08. The minimum Gasteiger partial charge on any atom is -0.497 e. The molecule has 0 aliphatic rings. The highest BCUT2D eigenvalue weighted by atomic mass is 79.9. The molecule has 0 aliphatic heterocycles. The zero-order valence-corrected chi connectivity index (χ0v) is 10.0. The van der Waals surface area contributed by atoms with Gasteiger partial charge in [0, 0.05) is 17.6 Å². The maximum absolute atomic E-state index is 11.3. The van der Waals surface area contributed by atoms with Crippen molar-refractivity contribution in [2.45, 2.75) is 0 Å². The van der Waals surface area contributed by atoms with Crippen LogP contribution in [0.2, 0.25) is 0 Å². The molecule has 1 aromatic rings. The van der Waals surface area contributed by atoms with Crippen LogP contribution in [0.4, 0.5) is 5.69 Å². The predicted molar refractivity (Wildman–Crippen MR) is 62.9 cm³/mol. The molecule has 0 bridgehead atoms. The van der Waals surface area contributed by atoms with Crippen molar-refractivity contribution in [1.29, 1.82) is 0 Å². The van der Waals surface area contributed by atoms with E-state index in [9.17, 15) is 4.79 Å². The van der Waals surface area contributed by atoms with Crippen molar-refractivity contribution in [3.05, 3.63) is 22.7 Å². The van der Waals surface area contributed by atoms with Gasteiger partial charge in [-0.3, -0.25) is 4.79 Å². The molecular formula is C11H10BrNO2. The third kappa shape index (κ3) is 2.51. The van der Waals surface area contributed by atoms with E-state index in [-0.39, 0.29) is 0 Å². The Hall–Kier alpha value is -1.47. The number of ether oxygens (including phenoxy) is 1. The van der Waals surface area contributed by atoms with E-state index in [2.05, 4.69) is 21.9 Å². The Morgan fingerprint density at radius 3 is 2.80 bits per heavy atom. The fourth-order valence-corrected chi connectivity index (χ4v) is 1.60. The van der Waals surface area contributed by atoms with Gasteiger partial charge >= 0.3 is 5.91 Å². The number of halogens is 1. The van der Waals surface area contributed by atoms with Crippen molar-refractivity contribution in [2.75, 3.05) is 19.1 Å². The number of carbonyl (C=O) groups excluding carboxylic acids is 1. The summed E-state index contributed by atoms with van der Waals surface area (Å²) in [5.41, 5.74) is 0.678. The number of benzene rings is 1. The molecule has 0 aliphatic carbocycles. The molecule has 0 N–H and O–H groups in total. The Balaban J connectivity index is 3.13. The number of methoxy groups -OCH3 is 1. The Labute approximate surface area is 97.2 Å². The molecule has 4 heteroatoms. The average Bonchev–Trinajstić information content (AvgIpc) is 2.27. The number of hydrogen-bond acceptors (Lipinski definition) is 2. The summed E-state index contributed by atoms with van der Waals surface area (Å²) < 4.78 is 5.85. The third-order valence-electron chi connectivity index (χ3n) is 1.94. The summed E-state index contributed by atoms with van der Waals surface area (Å²) in [6, 6.07) is 5.33. The molecule has 0 aromatic heterocycles. The molecule has 78 valence electrons. The Bertz CT molecular complexity index is 423. The first-order valence-electron chi connectivity index (χ1n) is 4.18. The van der Waals surface area contributed by atoms with Crippen LogP contribution in [0.1, 0.15) is 0 Å². The van der Waals surface area contributed by atoms with Crippen LogP contribution in [0.25, 0.3) is 0 Å². The Kier molecular flexibility index (Phi) is 3.75. The highest BCUT2D eigenvalue weighted by molar-refractivity contribution is 9.10. The van der Waals surface area contributed by atoms with Crippen molar-refractivity contribution in [2.24, 2.45) is 0 Å². The number of nitrogens with zero attached hydrogens (tertiary/aromatic N) is 1. The summed E-state index contributed by atoms with van der Waals surface area (Å²) in [5.74, 6) is 2.33. The lowest BCUT2D eigenvalue weighted by Crippen LogP contribution is -2.24. The fraction of sp³-hybridized carbons (Fsp3) is 0.182. The van der Waals surface area contributed by atoms with Crippen LogP contribution >= 0.6 is 15.9 Å². The van der Waals surface area contributed by atoms with E-state index in [1.54, 1.807) is 32.4 Å². The van der Waals surface area contributed by atoms with Crippen molar-refractivity contribution < 1.29 is 9.53 Å². The van der Waals surface area contributed by atoms with Gasteiger partial charge < -0.3 is 9.64 Å². The lowest BCUT2D eigenvalue weighted by Gasteiger charge is -2.16. The van der Waals surface area contributed by atoms with E-state index >= 15 is 0 Å². The SMILES string of the molecule is C#CC(=O)N(C)c1cc(OC)ccc1Br. The van der Waals surface area contributed by atoms with Gasteiger partial charge in [0.15, 0.2) is 0 Å². The number of amides is 1. The molecule has 0 atom stereocenters. The van der Waals surface area contributed by atoms with E-state index in [0.29, 0.717) is 11.4 Å². The first kappa shape index (κ1) is 11.6. The summed E-state index contributed by atoms with van der Waals surface area (Å²) in [7, 11) is 3.18. The van der Waals surface area contributed by atoms with Crippen LogP contribution in [-0.4, -0.2) is 20.1 Å². The van der Waals surface area contributed by atoms with Crippen LogP contribution in [0, 0.1) is 12.3 Å². The van der Waals surface area contributed by atoms with Crippen molar-refractivity contribution in [3.8, 4) is 18.1 Å². The first-order chi connectivity index (χ1) is 7.10.